The van der Waals surface area contributed by atoms with E-state index < -0.39 is 5.60 Å². The average molecular weight is 325 g/mol. The van der Waals surface area contributed by atoms with Crippen LogP contribution in [0.25, 0.3) is 0 Å². The van der Waals surface area contributed by atoms with Gasteiger partial charge in [-0.2, -0.15) is 0 Å². The summed E-state index contributed by atoms with van der Waals surface area (Å²) in [6.45, 7) is 15.3. The van der Waals surface area contributed by atoms with Crippen LogP contribution in [0.1, 0.15) is 77.1 Å². The zero-order chi connectivity index (χ0) is 18.2. The van der Waals surface area contributed by atoms with Crippen molar-refractivity contribution in [3.05, 3.63) is 70.8 Å². The summed E-state index contributed by atoms with van der Waals surface area (Å²) in [5.41, 5.74) is 3.80. The predicted octanol–water partition coefficient (Wildman–Crippen LogP) is 5.93. The Balaban J connectivity index is 2.41. The number of hydrogen-bond donors (Lipinski definition) is 1. The van der Waals surface area contributed by atoms with Gasteiger partial charge in [0, 0.05) is 0 Å². The standard InChI is InChI=1S/C23H32O/c1-8-23(24,19-13-9-17(10-14-19)21(2,3)4)20-15-11-18(12-16-20)22(5,6)7/h9-16,24H,8H2,1-7H3. The third kappa shape index (κ3) is 3.72. The van der Waals surface area contributed by atoms with E-state index in [9.17, 15) is 5.11 Å². The van der Waals surface area contributed by atoms with Gasteiger partial charge in [-0.05, 0) is 39.5 Å². The fraction of sp³-hybridized carbons (Fsp3) is 0.478. The van der Waals surface area contributed by atoms with Crippen molar-refractivity contribution >= 4 is 0 Å². The molecular weight excluding hydrogens is 292 g/mol. The van der Waals surface area contributed by atoms with Crippen molar-refractivity contribution in [1.82, 2.24) is 0 Å². The minimum atomic E-state index is -0.938. The van der Waals surface area contributed by atoms with Gasteiger partial charge in [-0.1, -0.05) is 97.0 Å². The van der Waals surface area contributed by atoms with Crippen molar-refractivity contribution in [1.29, 1.82) is 0 Å². The molecule has 0 saturated carbocycles. The molecule has 2 aromatic carbocycles. The summed E-state index contributed by atoms with van der Waals surface area (Å²) in [6.07, 6.45) is 0.650. The molecule has 0 aliphatic rings. The van der Waals surface area contributed by atoms with Gasteiger partial charge in [0.15, 0.2) is 0 Å². The van der Waals surface area contributed by atoms with E-state index in [1.807, 2.05) is 6.92 Å². The lowest BCUT2D eigenvalue weighted by molar-refractivity contribution is 0.0764. The van der Waals surface area contributed by atoms with Crippen molar-refractivity contribution in [2.24, 2.45) is 0 Å². The highest BCUT2D eigenvalue weighted by Crippen LogP contribution is 2.35. The van der Waals surface area contributed by atoms with Gasteiger partial charge in [0.2, 0.25) is 0 Å². The molecule has 0 bridgehead atoms. The van der Waals surface area contributed by atoms with Gasteiger partial charge in [-0.3, -0.25) is 0 Å². The third-order valence-corrected chi connectivity index (χ3v) is 4.97. The smallest absolute Gasteiger partial charge is 0.114 e. The molecule has 1 heteroatoms. The lowest BCUT2D eigenvalue weighted by Crippen LogP contribution is -2.27. The van der Waals surface area contributed by atoms with Crippen LogP contribution in [0.2, 0.25) is 0 Å². The first-order valence-electron chi connectivity index (χ1n) is 8.93. The van der Waals surface area contributed by atoms with Crippen LogP contribution in [0, 0.1) is 0 Å². The Hall–Kier alpha value is -1.60. The van der Waals surface area contributed by atoms with Gasteiger partial charge in [-0.15, -0.1) is 0 Å². The van der Waals surface area contributed by atoms with E-state index in [0.717, 1.165) is 11.1 Å². The fourth-order valence-electron chi connectivity index (χ4n) is 3.07. The van der Waals surface area contributed by atoms with Crippen LogP contribution in [-0.4, -0.2) is 5.11 Å². The molecule has 0 radical (unpaired) electrons. The quantitative estimate of drug-likeness (QED) is 0.742. The summed E-state index contributed by atoms with van der Waals surface area (Å²) in [6, 6.07) is 16.8. The Morgan fingerprint density at radius 3 is 1.04 bits per heavy atom. The Labute approximate surface area is 147 Å². The summed E-state index contributed by atoms with van der Waals surface area (Å²) in [5, 5.41) is 11.4. The normalized spacial score (nSPS) is 13.2. The molecule has 0 aliphatic carbocycles. The van der Waals surface area contributed by atoms with E-state index in [4.69, 9.17) is 0 Å². The second kappa shape index (κ2) is 6.37. The Bertz CT molecular complexity index is 606. The highest BCUT2D eigenvalue weighted by Gasteiger charge is 2.30. The SMILES string of the molecule is CCC(O)(c1ccc(C(C)(C)C)cc1)c1ccc(C(C)(C)C)cc1. The molecule has 2 aromatic rings. The van der Waals surface area contributed by atoms with Gasteiger partial charge >= 0.3 is 0 Å². The average Bonchev–Trinajstić information content (AvgIpc) is 2.53. The van der Waals surface area contributed by atoms with Crippen molar-refractivity contribution in [2.45, 2.75) is 71.3 Å². The highest BCUT2D eigenvalue weighted by molar-refractivity contribution is 5.40. The molecule has 0 aromatic heterocycles. The first-order chi connectivity index (χ1) is 11.0. The van der Waals surface area contributed by atoms with E-state index in [0.29, 0.717) is 6.42 Å². The lowest BCUT2D eigenvalue weighted by atomic mass is 9.80. The Kier molecular flexibility index (Phi) is 4.97. The van der Waals surface area contributed by atoms with E-state index in [-0.39, 0.29) is 10.8 Å². The molecule has 0 amide bonds. The molecule has 1 nitrogen and oxygen atoms in total. The molecule has 0 spiro atoms. The molecule has 1 N–H and O–H groups in total. The van der Waals surface area contributed by atoms with Gasteiger partial charge in [0.1, 0.15) is 5.60 Å². The summed E-state index contributed by atoms with van der Waals surface area (Å²) < 4.78 is 0. The molecular formula is C23H32O. The van der Waals surface area contributed by atoms with E-state index in [1.165, 1.54) is 11.1 Å². The number of benzene rings is 2. The maximum atomic E-state index is 11.4. The van der Waals surface area contributed by atoms with Gasteiger partial charge < -0.3 is 5.11 Å². The van der Waals surface area contributed by atoms with Gasteiger partial charge in [0.25, 0.3) is 0 Å². The van der Waals surface area contributed by atoms with Crippen molar-refractivity contribution in [3.63, 3.8) is 0 Å². The summed E-state index contributed by atoms with van der Waals surface area (Å²) in [4.78, 5) is 0. The molecule has 0 saturated heterocycles. The van der Waals surface area contributed by atoms with Crippen molar-refractivity contribution in [2.75, 3.05) is 0 Å². The molecule has 130 valence electrons. The van der Waals surface area contributed by atoms with E-state index in [1.54, 1.807) is 0 Å². The van der Waals surface area contributed by atoms with Crippen LogP contribution >= 0.6 is 0 Å². The highest BCUT2D eigenvalue weighted by atomic mass is 16.3. The molecule has 0 aliphatic heterocycles. The maximum absolute atomic E-state index is 11.4. The van der Waals surface area contributed by atoms with Crippen LogP contribution in [0.15, 0.2) is 48.5 Å². The number of rotatable bonds is 3. The minimum Gasteiger partial charge on any atom is -0.380 e. The summed E-state index contributed by atoms with van der Waals surface area (Å²) >= 11 is 0. The van der Waals surface area contributed by atoms with Crippen molar-refractivity contribution < 1.29 is 5.11 Å². The van der Waals surface area contributed by atoms with Gasteiger partial charge in [0.05, 0.1) is 0 Å². The largest absolute Gasteiger partial charge is 0.380 e. The Morgan fingerprint density at radius 2 is 0.833 bits per heavy atom. The zero-order valence-corrected chi connectivity index (χ0v) is 16.3. The number of aliphatic hydroxyl groups is 1. The maximum Gasteiger partial charge on any atom is 0.114 e. The molecule has 24 heavy (non-hydrogen) atoms. The first kappa shape index (κ1) is 18.7. The molecule has 0 heterocycles. The number of hydrogen-bond acceptors (Lipinski definition) is 1. The van der Waals surface area contributed by atoms with Crippen LogP contribution < -0.4 is 0 Å². The van der Waals surface area contributed by atoms with Crippen LogP contribution in [-0.2, 0) is 16.4 Å². The second-order valence-corrected chi connectivity index (χ2v) is 8.87. The van der Waals surface area contributed by atoms with Gasteiger partial charge in [-0.25, -0.2) is 0 Å². The van der Waals surface area contributed by atoms with Crippen LogP contribution in [0.3, 0.4) is 0 Å². The second-order valence-electron chi connectivity index (χ2n) is 8.87. The summed E-state index contributed by atoms with van der Waals surface area (Å²) in [7, 11) is 0. The van der Waals surface area contributed by atoms with Crippen molar-refractivity contribution in [3.8, 4) is 0 Å². The summed E-state index contributed by atoms with van der Waals surface area (Å²) in [5.74, 6) is 0. The van der Waals surface area contributed by atoms with E-state index in [2.05, 4.69) is 90.1 Å². The zero-order valence-electron chi connectivity index (χ0n) is 16.3. The van der Waals surface area contributed by atoms with E-state index >= 15 is 0 Å². The fourth-order valence-corrected chi connectivity index (χ4v) is 3.07. The first-order valence-corrected chi connectivity index (χ1v) is 8.93. The molecule has 2 rings (SSSR count). The molecule has 0 fully saturated rings. The van der Waals surface area contributed by atoms with Crippen LogP contribution in [0.5, 0.6) is 0 Å². The topological polar surface area (TPSA) is 20.2 Å². The van der Waals surface area contributed by atoms with Crippen LogP contribution in [0.4, 0.5) is 0 Å². The lowest BCUT2D eigenvalue weighted by Gasteiger charge is -2.30. The minimum absolute atomic E-state index is 0.122. The predicted molar refractivity (Wildman–Crippen MR) is 104 cm³/mol. The molecule has 0 unspecified atom stereocenters. The third-order valence-electron chi connectivity index (χ3n) is 4.97. The monoisotopic (exact) mass is 324 g/mol. The molecule has 0 atom stereocenters. The Morgan fingerprint density at radius 1 is 0.583 bits per heavy atom.